The zero-order valence-electron chi connectivity index (χ0n) is 26.0. The summed E-state index contributed by atoms with van der Waals surface area (Å²) in [7, 11) is 0. The maximum Gasteiger partial charge on any atom is 0.249 e. The highest BCUT2D eigenvalue weighted by molar-refractivity contribution is 6.03. The summed E-state index contributed by atoms with van der Waals surface area (Å²) in [5.41, 5.74) is -2.02. The van der Waals surface area contributed by atoms with E-state index in [1.54, 1.807) is 22.0 Å². The van der Waals surface area contributed by atoms with Crippen molar-refractivity contribution >= 4 is 23.4 Å². The van der Waals surface area contributed by atoms with Crippen molar-refractivity contribution < 1.29 is 29.0 Å². The molecule has 1 aromatic rings. The summed E-state index contributed by atoms with van der Waals surface area (Å²) in [6.45, 7) is 20.0. The second kappa shape index (κ2) is 11.8. The first-order valence-electron chi connectivity index (χ1n) is 15.1. The minimum absolute atomic E-state index is 0.241. The summed E-state index contributed by atoms with van der Waals surface area (Å²) >= 11 is 0. The predicted octanol–water partition coefficient (Wildman–Crippen LogP) is 3.95. The highest BCUT2D eigenvalue weighted by Crippen LogP contribution is 2.64. The van der Waals surface area contributed by atoms with Gasteiger partial charge in [0.25, 0.3) is 0 Å². The van der Waals surface area contributed by atoms with Crippen LogP contribution in [0, 0.1) is 11.8 Å². The molecule has 9 heteroatoms. The van der Waals surface area contributed by atoms with Crippen LogP contribution in [0.15, 0.2) is 49.6 Å². The van der Waals surface area contributed by atoms with Crippen molar-refractivity contribution in [1.82, 2.24) is 9.80 Å². The van der Waals surface area contributed by atoms with E-state index >= 15 is 0 Å². The van der Waals surface area contributed by atoms with Gasteiger partial charge in [-0.25, -0.2) is 0 Å². The van der Waals surface area contributed by atoms with Gasteiger partial charge in [0.2, 0.25) is 17.7 Å². The zero-order valence-corrected chi connectivity index (χ0v) is 26.0. The van der Waals surface area contributed by atoms with Crippen LogP contribution in [-0.4, -0.2) is 87.8 Å². The molecule has 2 unspecified atom stereocenters. The molecule has 3 fully saturated rings. The second-order valence-electron chi connectivity index (χ2n) is 12.8. The molecule has 42 heavy (non-hydrogen) atoms. The molecule has 6 atom stereocenters. The molecule has 3 amide bonds. The lowest BCUT2D eigenvalue weighted by molar-refractivity contribution is -0.157. The van der Waals surface area contributed by atoms with Crippen LogP contribution in [-0.2, 0) is 19.1 Å². The van der Waals surface area contributed by atoms with Gasteiger partial charge in [-0.15, -0.1) is 13.2 Å². The van der Waals surface area contributed by atoms with E-state index in [0.29, 0.717) is 43.9 Å². The predicted molar refractivity (Wildman–Crippen MR) is 162 cm³/mol. The molecule has 3 aliphatic heterocycles. The number of aliphatic hydroxyl groups excluding tert-OH is 1. The van der Waals surface area contributed by atoms with Gasteiger partial charge in [-0.2, -0.15) is 0 Å². The fourth-order valence-corrected chi connectivity index (χ4v) is 7.31. The summed E-state index contributed by atoms with van der Waals surface area (Å²) < 4.78 is 12.4. The van der Waals surface area contributed by atoms with Gasteiger partial charge in [0.05, 0.1) is 36.7 Å². The van der Waals surface area contributed by atoms with E-state index in [-0.39, 0.29) is 30.9 Å². The minimum Gasteiger partial charge on any atom is -0.494 e. The number of benzene rings is 1. The first-order valence-corrected chi connectivity index (χ1v) is 15.1. The van der Waals surface area contributed by atoms with Crippen molar-refractivity contribution in [2.45, 2.75) is 89.6 Å². The first-order chi connectivity index (χ1) is 19.8. The maximum absolute atomic E-state index is 14.6. The van der Waals surface area contributed by atoms with Crippen molar-refractivity contribution in [2.75, 3.05) is 31.2 Å². The standard InChI is InChI=1S/C33H47N3O6/c1-9-19-34(23-13-15-24(16-14-23)41-12-4)28(38)25-26-29(39)36(22(11-3)21-37)27(33(26)18-17-32(25,8)42-33)30(40)35(20-10-2)31(5,6)7/h9-10,13-16,22,25-27,37H,1-2,11-12,17-21H2,3-8H3/t22-,25+,26-,27?,32-,33?/m0/s1. The van der Waals surface area contributed by atoms with Crippen LogP contribution >= 0.6 is 0 Å². The molecule has 0 saturated carbocycles. The largest absolute Gasteiger partial charge is 0.494 e. The third-order valence-corrected chi connectivity index (χ3v) is 9.21. The van der Waals surface area contributed by atoms with Crippen molar-refractivity contribution in [3.63, 3.8) is 0 Å². The van der Waals surface area contributed by atoms with Crippen molar-refractivity contribution in [1.29, 1.82) is 0 Å². The van der Waals surface area contributed by atoms with E-state index in [2.05, 4.69) is 13.2 Å². The number of hydrogen-bond donors (Lipinski definition) is 1. The van der Waals surface area contributed by atoms with Gasteiger partial charge in [-0.05, 0) is 78.1 Å². The fraction of sp³-hybridized carbons (Fsp3) is 0.606. The van der Waals surface area contributed by atoms with Crippen LogP contribution in [0.4, 0.5) is 5.69 Å². The topological polar surface area (TPSA) is 99.6 Å². The number of hydrogen-bond acceptors (Lipinski definition) is 6. The van der Waals surface area contributed by atoms with Crippen LogP contribution < -0.4 is 9.64 Å². The number of nitrogens with zero attached hydrogens (tertiary/aromatic N) is 3. The number of carbonyl (C=O) groups excluding carboxylic acids is 3. The van der Waals surface area contributed by atoms with Crippen molar-refractivity contribution in [3.8, 4) is 5.75 Å². The third kappa shape index (κ3) is 5.04. The van der Waals surface area contributed by atoms with Crippen LogP contribution in [0.2, 0.25) is 0 Å². The number of carbonyl (C=O) groups is 3. The lowest BCUT2D eigenvalue weighted by Crippen LogP contribution is -2.61. The Balaban J connectivity index is 1.82. The summed E-state index contributed by atoms with van der Waals surface area (Å²) in [4.78, 5) is 48.5. The van der Waals surface area contributed by atoms with Crippen LogP contribution in [0.25, 0.3) is 0 Å². The van der Waals surface area contributed by atoms with E-state index < -0.39 is 40.7 Å². The molecule has 4 rings (SSSR count). The van der Waals surface area contributed by atoms with Gasteiger partial charge in [-0.3, -0.25) is 14.4 Å². The first kappa shape index (κ1) is 31.8. The number of amides is 3. The van der Waals surface area contributed by atoms with Gasteiger partial charge in [0.1, 0.15) is 17.4 Å². The Labute approximate surface area is 250 Å². The molecule has 3 saturated heterocycles. The van der Waals surface area contributed by atoms with E-state index in [1.807, 2.05) is 65.8 Å². The Bertz CT molecular complexity index is 1210. The summed E-state index contributed by atoms with van der Waals surface area (Å²) in [5.74, 6) is -1.79. The summed E-state index contributed by atoms with van der Waals surface area (Å²) in [6.07, 6.45) is 4.78. The number of rotatable bonds is 12. The molecule has 1 N–H and O–H groups in total. The summed E-state index contributed by atoms with van der Waals surface area (Å²) in [5, 5.41) is 10.4. The van der Waals surface area contributed by atoms with E-state index in [4.69, 9.17) is 9.47 Å². The van der Waals surface area contributed by atoms with E-state index in [0.717, 1.165) is 0 Å². The van der Waals surface area contributed by atoms with Gasteiger partial charge in [0, 0.05) is 24.3 Å². The van der Waals surface area contributed by atoms with Crippen LogP contribution in [0.3, 0.4) is 0 Å². The van der Waals surface area contributed by atoms with E-state index in [9.17, 15) is 19.5 Å². The van der Waals surface area contributed by atoms with Crippen LogP contribution in [0.5, 0.6) is 5.75 Å². The molecule has 0 aliphatic carbocycles. The maximum atomic E-state index is 14.6. The normalized spacial score (nSPS) is 28.8. The van der Waals surface area contributed by atoms with E-state index in [1.165, 1.54) is 4.90 Å². The molecular formula is C33H47N3O6. The SMILES string of the molecule is C=CCN(C(=O)[C@H]1[C@H]2C(=O)N([C@@H](CC)CO)C(C(=O)N(CC=C)C(C)(C)C)C23CC[C@]1(C)O3)c1ccc(OCC)cc1. The Morgan fingerprint density at radius 2 is 1.79 bits per heavy atom. The molecular weight excluding hydrogens is 534 g/mol. The Morgan fingerprint density at radius 3 is 2.31 bits per heavy atom. The smallest absolute Gasteiger partial charge is 0.249 e. The van der Waals surface area contributed by atoms with Crippen molar-refractivity contribution in [2.24, 2.45) is 11.8 Å². The van der Waals surface area contributed by atoms with Crippen LogP contribution in [0.1, 0.15) is 60.8 Å². The molecule has 1 spiro atoms. The number of aliphatic hydroxyl groups is 1. The molecule has 2 bridgehead atoms. The highest BCUT2D eigenvalue weighted by atomic mass is 16.5. The molecule has 0 radical (unpaired) electrons. The van der Waals surface area contributed by atoms with Gasteiger partial charge in [0.15, 0.2) is 0 Å². The molecule has 9 nitrogen and oxygen atoms in total. The number of likely N-dealkylation sites (tertiary alicyclic amines) is 1. The highest BCUT2D eigenvalue weighted by Gasteiger charge is 2.79. The van der Waals surface area contributed by atoms with Gasteiger partial charge >= 0.3 is 0 Å². The number of ether oxygens (including phenoxy) is 2. The number of fused-ring (bicyclic) bond motifs is 1. The lowest BCUT2D eigenvalue weighted by atomic mass is 9.66. The second-order valence-corrected chi connectivity index (χ2v) is 12.8. The third-order valence-electron chi connectivity index (χ3n) is 9.21. The molecule has 1 aromatic carbocycles. The monoisotopic (exact) mass is 581 g/mol. The Kier molecular flexibility index (Phi) is 8.95. The molecule has 3 aliphatic rings. The zero-order chi connectivity index (χ0) is 31.0. The molecule has 0 aromatic heterocycles. The minimum atomic E-state index is -1.19. The lowest BCUT2D eigenvalue weighted by Gasteiger charge is -2.43. The average molecular weight is 582 g/mol. The Hall–Kier alpha value is -3.17. The van der Waals surface area contributed by atoms with Crippen molar-refractivity contribution in [3.05, 3.63) is 49.6 Å². The fourth-order valence-electron chi connectivity index (χ4n) is 7.31. The summed E-state index contributed by atoms with van der Waals surface area (Å²) in [6, 6.07) is 5.72. The number of anilines is 1. The molecule has 230 valence electrons. The van der Waals surface area contributed by atoms with Gasteiger partial charge in [-0.1, -0.05) is 19.1 Å². The molecule has 3 heterocycles. The quantitative estimate of drug-likeness (QED) is 0.376. The average Bonchev–Trinajstić information content (AvgIpc) is 3.51. The van der Waals surface area contributed by atoms with Gasteiger partial charge < -0.3 is 29.3 Å². The Morgan fingerprint density at radius 1 is 1.14 bits per heavy atom.